The van der Waals surface area contributed by atoms with E-state index in [0.29, 0.717) is 11.6 Å². The van der Waals surface area contributed by atoms with Gasteiger partial charge in [-0.1, -0.05) is 12.8 Å². The lowest BCUT2D eigenvalue weighted by Crippen LogP contribution is -2.15. The van der Waals surface area contributed by atoms with Crippen LogP contribution in [0, 0.1) is 6.92 Å². The fourth-order valence-corrected chi connectivity index (χ4v) is 3.49. The summed E-state index contributed by atoms with van der Waals surface area (Å²) in [4.78, 5) is 5.59. The Morgan fingerprint density at radius 1 is 1.17 bits per heavy atom. The maximum absolute atomic E-state index is 9.84. The molecule has 1 heterocycles. The third-order valence-electron chi connectivity index (χ3n) is 3.94. The van der Waals surface area contributed by atoms with Crippen molar-refractivity contribution in [1.29, 1.82) is 0 Å². The second-order valence-corrected chi connectivity index (χ2v) is 6.49. The molecule has 7 heteroatoms. The first-order valence-corrected chi connectivity index (χ1v) is 8.43. The van der Waals surface area contributed by atoms with Crippen molar-refractivity contribution in [3.63, 3.8) is 0 Å². The van der Waals surface area contributed by atoms with E-state index in [2.05, 4.69) is 5.10 Å². The van der Waals surface area contributed by atoms with Crippen molar-refractivity contribution in [2.45, 2.75) is 38.6 Å². The molecule has 0 radical (unpaired) electrons. The maximum Gasteiger partial charge on any atom is 0.206 e. The molecule has 3 N–H and O–H groups in total. The normalized spacial score (nSPS) is 16.7. The molecule has 122 valence electrons. The van der Waals surface area contributed by atoms with Crippen LogP contribution in [-0.4, -0.2) is 32.3 Å². The summed E-state index contributed by atoms with van der Waals surface area (Å²) in [7, 11) is 0. The Bertz CT molecular complexity index is 801. The van der Waals surface area contributed by atoms with Crippen LogP contribution in [0.1, 0.15) is 36.9 Å². The Hall–Kier alpha value is -2.28. The summed E-state index contributed by atoms with van der Waals surface area (Å²) < 4.78 is 1.73. The number of thiazole rings is 1. The summed E-state index contributed by atoms with van der Waals surface area (Å²) in [6, 6.07) is 3.16. The molecule has 6 nitrogen and oxygen atoms in total. The number of aromatic nitrogens is 1. The van der Waals surface area contributed by atoms with Gasteiger partial charge < -0.3 is 15.3 Å². The molecule has 1 aromatic heterocycles. The standard InChI is InChI=1S/C16H19N3O3S/c1-10-9-23-16(18-12-4-2-3-5-12)19(10)17-8-11-6-7-13(20)15(22)14(11)21/h6-9,12,20-22H,2-5H2,1H3/b17-8+,18-16-. The van der Waals surface area contributed by atoms with Crippen molar-refractivity contribution in [2.24, 2.45) is 10.1 Å². The fourth-order valence-electron chi connectivity index (χ4n) is 2.61. The van der Waals surface area contributed by atoms with Crippen LogP contribution in [0.3, 0.4) is 0 Å². The van der Waals surface area contributed by atoms with Gasteiger partial charge in [-0.15, -0.1) is 11.3 Å². The topological polar surface area (TPSA) is 90.3 Å². The minimum atomic E-state index is -0.545. The van der Waals surface area contributed by atoms with Crippen LogP contribution < -0.4 is 4.80 Å². The van der Waals surface area contributed by atoms with E-state index in [4.69, 9.17) is 4.99 Å². The van der Waals surface area contributed by atoms with Crippen molar-refractivity contribution in [1.82, 2.24) is 4.68 Å². The average molecular weight is 333 g/mol. The van der Waals surface area contributed by atoms with Crippen molar-refractivity contribution in [2.75, 3.05) is 0 Å². The van der Waals surface area contributed by atoms with Crippen molar-refractivity contribution < 1.29 is 15.3 Å². The van der Waals surface area contributed by atoms with Gasteiger partial charge >= 0.3 is 0 Å². The van der Waals surface area contributed by atoms with Crippen LogP contribution in [0.4, 0.5) is 0 Å². The number of aryl methyl sites for hydroxylation is 1. The molecule has 0 saturated heterocycles. The number of phenols is 3. The quantitative estimate of drug-likeness (QED) is 0.596. The molecule has 1 saturated carbocycles. The predicted molar refractivity (Wildman–Crippen MR) is 89.3 cm³/mol. The highest BCUT2D eigenvalue weighted by Crippen LogP contribution is 2.36. The van der Waals surface area contributed by atoms with Gasteiger partial charge in [-0.2, -0.15) is 5.10 Å². The van der Waals surface area contributed by atoms with Crippen molar-refractivity contribution in [3.05, 3.63) is 33.6 Å². The van der Waals surface area contributed by atoms with E-state index in [1.54, 1.807) is 4.68 Å². The number of aromatic hydroxyl groups is 3. The van der Waals surface area contributed by atoms with E-state index in [0.717, 1.165) is 23.3 Å². The predicted octanol–water partition coefficient (Wildman–Crippen LogP) is 2.70. The summed E-state index contributed by atoms with van der Waals surface area (Å²) in [6.07, 6.45) is 6.13. The van der Waals surface area contributed by atoms with Crippen LogP contribution in [0.25, 0.3) is 0 Å². The second kappa shape index (κ2) is 6.45. The minimum absolute atomic E-state index is 0.324. The summed E-state index contributed by atoms with van der Waals surface area (Å²) in [5.41, 5.74) is 1.27. The molecule has 0 aliphatic heterocycles. The molecule has 1 fully saturated rings. The molecule has 1 aromatic carbocycles. The molecule has 0 atom stereocenters. The number of phenolic OH excluding ortho intramolecular Hbond substituents is 3. The Morgan fingerprint density at radius 2 is 1.91 bits per heavy atom. The number of benzene rings is 1. The van der Waals surface area contributed by atoms with Gasteiger partial charge in [0.15, 0.2) is 11.5 Å². The molecule has 1 aliphatic carbocycles. The summed E-state index contributed by atoms with van der Waals surface area (Å²) in [5, 5.41) is 35.1. The first kappa shape index (κ1) is 15.6. The molecular weight excluding hydrogens is 314 g/mol. The number of rotatable bonds is 3. The lowest BCUT2D eigenvalue weighted by Gasteiger charge is -2.04. The maximum atomic E-state index is 9.84. The molecule has 0 spiro atoms. The zero-order chi connectivity index (χ0) is 16.4. The van der Waals surface area contributed by atoms with E-state index < -0.39 is 11.5 Å². The highest BCUT2D eigenvalue weighted by atomic mass is 32.1. The monoisotopic (exact) mass is 333 g/mol. The van der Waals surface area contributed by atoms with Gasteiger partial charge in [-0.25, -0.2) is 4.68 Å². The Balaban J connectivity index is 1.94. The molecule has 3 rings (SSSR count). The smallest absolute Gasteiger partial charge is 0.206 e. The van der Waals surface area contributed by atoms with Gasteiger partial charge in [0, 0.05) is 10.9 Å². The first-order chi connectivity index (χ1) is 11.1. The molecule has 0 amide bonds. The van der Waals surface area contributed by atoms with Crippen molar-refractivity contribution in [3.8, 4) is 17.2 Å². The van der Waals surface area contributed by atoms with Crippen molar-refractivity contribution >= 4 is 17.6 Å². The van der Waals surface area contributed by atoms with Crippen LogP contribution in [-0.2, 0) is 0 Å². The summed E-state index contributed by atoms with van der Waals surface area (Å²) in [6.45, 7) is 1.94. The van der Waals surface area contributed by atoms with Crippen LogP contribution >= 0.6 is 11.3 Å². The molecule has 23 heavy (non-hydrogen) atoms. The zero-order valence-corrected chi connectivity index (χ0v) is 13.6. The third kappa shape index (κ3) is 3.24. The Labute approximate surface area is 137 Å². The van der Waals surface area contributed by atoms with E-state index in [1.165, 1.54) is 42.5 Å². The van der Waals surface area contributed by atoms with Crippen LogP contribution in [0.5, 0.6) is 17.2 Å². The van der Waals surface area contributed by atoms with Gasteiger partial charge in [0.1, 0.15) is 0 Å². The van der Waals surface area contributed by atoms with E-state index in [1.807, 2.05) is 12.3 Å². The number of hydrogen-bond donors (Lipinski definition) is 3. The first-order valence-electron chi connectivity index (χ1n) is 7.55. The van der Waals surface area contributed by atoms with Gasteiger partial charge in [-0.3, -0.25) is 4.99 Å². The van der Waals surface area contributed by atoms with E-state index in [-0.39, 0.29) is 5.75 Å². The van der Waals surface area contributed by atoms with Gasteiger partial charge in [0.2, 0.25) is 10.6 Å². The van der Waals surface area contributed by atoms with E-state index in [9.17, 15) is 15.3 Å². The zero-order valence-electron chi connectivity index (χ0n) is 12.8. The molecular formula is C16H19N3O3S. The summed E-state index contributed by atoms with van der Waals surface area (Å²) >= 11 is 1.54. The molecule has 2 aromatic rings. The minimum Gasteiger partial charge on any atom is -0.504 e. The second-order valence-electron chi connectivity index (χ2n) is 5.65. The Kier molecular flexibility index (Phi) is 4.38. The lowest BCUT2D eigenvalue weighted by atomic mass is 10.2. The molecule has 1 aliphatic rings. The van der Waals surface area contributed by atoms with Crippen LogP contribution in [0.2, 0.25) is 0 Å². The van der Waals surface area contributed by atoms with Crippen LogP contribution in [0.15, 0.2) is 27.6 Å². The largest absolute Gasteiger partial charge is 0.504 e. The SMILES string of the molecule is Cc1cs/c(=N\C2CCCC2)n1/N=C/c1ccc(O)c(O)c1O. The van der Waals surface area contributed by atoms with Gasteiger partial charge in [0.25, 0.3) is 0 Å². The highest BCUT2D eigenvalue weighted by molar-refractivity contribution is 7.07. The Morgan fingerprint density at radius 3 is 2.65 bits per heavy atom. The highest BCUT2D eigenvalue weighted by Gasteiger charge is 2.14. The van der Waals surface area contributed by atoms with E-state index >= 15 is 0 Å². The lowest BCUT2D eigenvalue weighted by molar-refractivity contribution is 0.367. The molecule has 0 unspecified atom stereocenters. The number of nitrogens with zero attached hydrogens (tertiary/aromatic N) is 3. The fraction of sp³-hybridized carbons (Fsp3) is 0.375. The average Bonchev–Trinajstić information content (AvgIpc) is 3.16. The third-order valence-corrected chi connectivity index (χ3v) is 4.89. The summed E-state index contributed by atoms with van der Waals surface area (Å²) in [5.74, 6) is -1.30. The van der Waals surface area contributed by atoms with Gasteiger partial charge in [0.05, 0.1) is 18.0 Å². The van der Waals surface area contributed by atoms with Gasteiger partial charge in [-0.05, 0) is 31.9 Å². The number of hydrogen-bond acceptors (Lipinski definition) is 6. The molecule has 0 bridgehead atoms.